The van der Waals surface area contributed by atoms with Gasteiger partial charge in [-0.2, -0.15) is 0 Å². The average Bonchev–Trinajstić information content (AvgIpc) is 3.15. The van der Waals surface area contributed by atoms with Gasteiger partial charge in [-0.05, 0) is 41.8 Å². The highest BCUT2D eigenvalue weighted by Crippen LogP contribution is 2.31. The molecule has 0 spiro atoms. The lowest BCUT2D eigenvalue weighted by Gasteiger charge is -2.18. The normalized spacial score (nSPS) is 12.1. The summed E-state index contributed by atoms with van der Waals surface area (Å²) in [6.07, 6.45) is 1.11. The zero-order chi connectivity index (χ0) is 20.6. The number of benzene rings is 2. The predicted molar refractivity (Wildman–Crippen MR) is 120 cm³/mol. The summed E-state index contributed by atoms with van der Waals surface area (Å²) in [7, 11) is 3.23. The molecule has 0 bridgehead atoms. The van der Waals surface area contributed by atoms with Crippen molar-refractivity contribution in [1.82, 2.24) is 5.32 Å². The first-order valence-corrected chi connectivity index (χ1v) is 9.66. The van der Waals surface area contributed by atoms with Crippen molar-refractivity contribution < 1.29 is 19.1 Å². The van der Waals surface area contributed by atoms with Crippen LogP contribution in [0, 0.1) is 0 Å². The molecule has 0 saturated carbocycles. The van der Waals surface area contributed by atoms with Crippen molar-refractivity contribution in [2.24, 2.45) is 0 Å². The summed E-state index contributed by atoms with van der Waals surface area (Å²) in [4.78, 5) is 26.8. The van der Waals surface area contributed by atoms with Crippen LogP contribution in [0.25, 0.3) is 0 Å². The molecular formula is C22H28ClN3O4. The van der Waals surface area contributed by atoms with Gasteiger partial charge in [-0.25, -0.2) is 0 Å². The van der Waals surface area contributed by atoms with Crippen molar-refractivity contribution >= 4 is 35.6 Å². The van der Waals surface area contributed by atoms with Gasteiger partial charge in [0.15, 0.2) is 0 Å². The molecular weight excluding hydrogens is 406 g/mol. The summed E-state index contributed by atoms with van der Waals surface area (Å²) < 4.78 is 10.2. The number of fused-ring (bicyclic) bond motifs is 1. The molecule has 0 aliphatic carbocycles. The van der Waals surface area contributed by atoms with E-state index >= 15 is 0 Å². The molecule has 0 saturated heterocycles. The van der Waals surface area contributed by atoms with Crippen molar-refractivity contribution in [3.05, 3.63) is 53.6 Å². The second kappa shape index (κ2) is 11.5. The number of amides is 2. The molecule has 7 nitrogen and oxygen atoms in total. The Morgan fingerprint density at radius 3 is 2.73 bits per heavy atom. The van der Waals surface area contributed by atoms with Crippen molar-refractivity contribution in [2.75, 3.05) is 50.7 Å². The Morgan fingerprint density at radius 2 is 1.97 bits per heavy atom. The molecule has 0 aromatic heterocycles. The van der Waals surface area contributed by atoms with Crippen molar-refractivity contribution in [2.45, 2.75) is 12.8 Å². The Hall–Kier alpha value is -2.61. The van der Waals surface area contributed by atoms with E-state index in [1.165, 1.54) is 0 Å². The highest BCUT2D eigenvalue weighted by atomic mass is 35.5. The van der Waals surface area contributed by atoms with Crippen LogP contribution in [0.2, 0.25) is 0 Å². The van der Waals surface area contributed by atoms with E-state index in [2.05, 4.69) is 10.6 Å². The molecule has 1 heterocycles. The molecule has 1 aliphatic rings. The molecule has 2 aromatic carbocycles. The van der Waals surface area contributed by atoms with Crippen LogP contribution in [-0.2, 0) is 27.2 Å². The molecule has 30 heavy (non-hydrogen) atoms. The van der Waals surface area contributed by atoms with Crippen LogP contribution in [0.3, 0.4) is 0 Å². The summed E-state index contributed by atoms with van der Waals surface area (Å²) in [5.41, 5.74) is 3.57. The Balaban J connectivity index is 0.00000320. The lowest BCUT2D eigenvalue weighted by atomic mass is 10.1. The maximum Gasteiger partial charge on any atom is 0.238 e. The van der Waals surface area contributed by atoms with E-state index in [0.717, 1.165) is 29.0 Å². The number of carbonyl (C=O) groups excluding carboxylic acids is 2. The van der Waals surface area contributed by atoms with Gasteiger partial charge in [0.05, 0.1) is 26.7 Å². The summed E-state index contributed by atoms with van der Waals surface area (Å²) in [5, 5.41) is 5.89. The van der Waals surface area contributed by atoms with Crippen molar-refractivity contribution in [1.29, 1.82) is 0 Å². The molecule has 0 radical (unpaired) electrons. The largest absolute Gasteiger partial charge is 0.497 e. The van der Waals surface area contributed by atoms with Crippen LogP contribution in [0.15, 0.2) is 42.5 Å². The van der Waals surface area contributed by atoms with E-state index in [1.807, 2.05) is 42.5 Å². The minimum absolute atomic E-state index is 0. The summed E-state index contributed by atoms with van der Waals surface area (Å²) in [5.74, 6) is 0.635. The number of hydrogen-bond donors (Lipinski definition) is 2. The number of rotatable bonds is 9. The monoisotopic (exact) mass is 433 g/mol. The molecule has 0 unspecified atom stereocenters. The first-order chi connectivity index (χ1) is 14.1. The molecule has 2 N–H and O–H groups in total. The first-order valence-electron chi connectivity index (χ1n) is 9.66. The number of nitrogens with zero attached hydrogens (tertiary/aromatic N) is 1. The van der Waals surface area contributed by atoms with Gasteiger partial charge in [-0.3, -0.25) is 9.59 Å². The van der Waals surface area contributed by atoms with Crippen molar-refractivity contribution in [3.63, 3.8) is 0 Å². The third kappa shape index (κ3) is 6.19. The SMILES string of the molecule is COCCNCC(=O)Nc1ccc2c(c1)N(C(=O)Cc1cccc(OC)c1)CC2.Cl. The number of nitrogens with one attached hydrogen (secondary N) is 2. The number of methoxy groups -OCH3 is 2. The molecule has 0 atom stereocenters. The van der Waals surface area contributed by atoms with Gasteiger partial charge in [-0.1, -0.05) is 18.2 Å². The average molecular weight is 434 g/mol. The third-order valence-electron chi connectivity index (χ3n) is 4.82. The Morgan fingerprint density at radius 1 is 1.13 bits per heavy atom. The number of hydrogen-bond acceptors (Lipinski definition) is 5. The van der Waals surface area contributed by atoms with Crippen LogP contribution >= 0.6 is 12.4 Å². The number of carbonyl (C=O) groups is 2. The van der Waals surface area contributed by atoms with E-state index in [-0.39, 0.29) is 30.8 Å². The van der Waals surface area contributed by atoms with Gasteiger partial charge in [0, 0.05) is 31.6 Å². The lowest BCUT2D eigenvalue weighted by Crippen LogP contribution is -2.31. The second-order valence-corrected chi connectivity index (χ2v) is 6.88. The Bertz CT molecular complexity index is 875. The van der Waals surface area contributed by atoms with Gasteiger partial charge in [-0.15, -0.1) is 12.4 Å². The molecule has 8 heteroatoms. The number of anilines is 2. The van der Waals surface area contributed by atoms with Gasteiger partial charge < -0.3 is 25.0 Å². The highest BCUT2D eigenvalue weighted by Gasteiger charge is 2.25. The fourth-order valence-electron chi connectivity index (χ4n) is 3.35. The van der Waals surface area contributed by atoms with Gasteiger partial charge in [0.2, 0.25) is 11.8 Å². The van der Waals surface area contributed by atoms with E-state index in [1.54, 1.807) is 19.1 Å². The van der Waals surface area contributed by atoms with Gasteiger partial charge in [0.25, 0.3) is 0 Å². The van der Waals surface area contributed by atoms with E-state index in [0.29, 0.717) is 31.8 Å². The number of ether oxygens (including phenoxy) is 2. The maximum atomic E-state index is 12.9. The van der Waals surface area contributed by atoms with E-state index in [4.69, 9.17) is 9.47 Å². The molecule has 0 fully saturated rings. The lowest BCUT2D eigenvalue weighted by molar-refractivity contribution is -0.118. The Kier molecular flexibility index (Phi) is 9.11. The fourth-order valence-corrected chi connectivity index (χ4v) is 3.35. The zero-order valence-corrected chi connectivity index (χ0v) is 18.1. The predicted octanol–water partition coefficient (Wildman–Crippen LogP) is 2.42. The van der Waals surface area contributed by atoms with Gasteiger partial charge >= 0.3 is 0 Å². The van der Waals surface area contributed by atoms with Crippen molar-refractivity contribution in [3.8, 4) is 5.75 Å². The highest BCUT2D eigenvalue weighted by molar-refractivity contribution is 5.98. The van der Waals surface area contributed by atoms with Crippen LogP contribution in [0.4, 0.5) is 11.4 Å². The van der Waals surface area contributed by atoms with Crippen LogP contribution in [0.5, 0.6) is 5.75 Å². The minimum atomic E-state index is -0.131. The Labute approximate surface area is 183 Å². The molecule has 1 aliphatic heterocycles. The second-order valence-electron chi connectivity index (χ2n) is 6.88. The number of halogens is 1. The molecule has 2 aromatic rings. The summed E-state index contributed by atoms with van der Waals surface area (Å²) in [6.45, 7) is 2.02. The fraction of sp³-hybridized carbons (Fsp3) is 0.364. The quantitative estimate of drug-likeness (QED) is 0.594. The summed E-state index contributed by atoms with van der Waals surface area (Å²) in [6, 6.07) is 13.3. The van der Waals surface area contributed by atoms with Gasteiger partial charge in [0.1, 0.15) is 5.75 Å². The maximum absolute atomic E-state index is 12.9. The molecule has 2 amide bonds. The van der Waals surface area contributed by atoms with Crippen LogP contribution in [-0.4, -0.2) is 52.3 Å². The van der Waals surface area contributed by atoms with E-state index < -0.39 is 0 Å². The van der Waals surface area contributed by atoms with E-state index in [9.17, 15) is 9.59 Å². The topological polar surface area (TPSA) is 79.9 Å². The molecule has 162 valence electrons. The molecule has 3 rings (SSSR count). The van der Waals surface area contributed by atoms with Crippen LogP contribution in [0.1, 0.15) is 11.1 Å². The minimum Gasteiger partial charge on any atom is -0.497 e. The standard InChI is InChI=1S/C22H27N3O4.ClH/c1-28-11-9-23-15-21(26)24-18-7-6-17-8-10-25(20(17)14-18)22(27)13-16-4-3-5-19(12-16)29-2;/h3-7,12,14,23H,8-11,13,15H2,1-2H3,(H,24,26);1H. The third-order valence-corrected chi connectivity index (χ3v) is 4.82. The van der Waals surface area contributed by atoms with Crippen LogP contribution < -0.4 is 20.3 Å². The summed E-state index contributed by atoms with van der Waals surface area (Å²) >= 11 is 0. The first kappa shape index (κ1) is 23.7. The smallest absolute Gasteiger partial charge is 0.238 e. The zero-order valence-electron chi connectivity index (χ0n) is 17.3.